The molecular weight excluding hydrogens is 714 g/mol. The van der Waals surface area contributed by atoms with Gasteiger partial charge in [-0.3, -0.25) is 14.2 Å². The maximum Gasteiger partial charge on any atom is 0.271 e. The first-order valence-electron chi connectivity index (χ1n) is 15.1. The summed E-state index contributed by atoms with van der Waals surface area (Å²) in [6.45, 7) is 4.52. The SMILES string of the molecule is CCOc1ccc([C@@H]2C(C(=O)Nc3ccccc3)=C(C)N=c3s/c(=C\c4cc(Cl)c(OCc5ccc(Br)cc5)c(OC)c4)c(=O)n32)cc1. The number of rotatable bonds is 10. The van der Waals surface area contributed by atoms with Crippen molar-refractivity contribution in [1.29, 1.82) is 0 Å². The third kappa shape index (κ3) is 7.11. The molecule has 0 saturated heterocycles. The number of hydrogen-bond donors (Lipinski definition) is 1. The van der Waals surface area contributed by atoms with Gasteiger partial charge in [-0.15, -0.1) is 0 Å². The number of methoxy groups -OCH3 is 1. The van der Waals surface area contributed by atoms with Crippen molar-refractivity contribution in [2.24, 2.45) is 4.99 Å². The second-order valence-electron chi connectivity index (χ2n) is 10.9. The van der Waals surface area contributed by atoms with Gasteiger partial charge in [-0.1, -0.05) is 81.3 Å². The summed E-state index contributed by atoms with van der Waals surface area (Å²) in [5.41, 5.74) is 3.60. The summed E-state index contributed by atoms with van der Waals surface area (Å²) in [6, 6.07) is 27.2. The number of halogens is 2. The molecule has 6 rings (SSSR count). The van der Waals surface area contributed by atoms with Gasteiger partial charge in [-0.05, 0) is 85.1 Å². The summed E-state index contributed by atoms with van der Waals surface area (Å²) in [5.74, 6) is 1.19. The number of carbonyl (C=O) groups is 1. The van der Waals surface area contributed by atoms with Crippen molar-refractivity contribution in [2.45, 2.75) is 26.5 Å². The van der Waals surface area contributed by atoms with Crippen molar-refractivity contribution in [3.8, 4) is 17.2 Å². The highest BCUT2D eigenvalue weighted by atomic mass is 79.9. The Kier molecular flexibility index (Phi) is 10.1. The number of benzene rings is 4. The van der Waals surface area contributed by atoms with Crippen LogP contribution in [0.3, 0.4) is 0 Å². The molecule has 0 radical (unpaired) electrons. The molecule has 5 aromatic rings. The van der Waals surface area contributed by atoms with Gasteiger partial charge in [0.25, 0.3) is 11.5 Å². The van der Waals surface area contributed by atoms with Crippen LogP contribution < -0.4 is 34.4 Å². The lowest BCUT2D eigenvalue weighted by Crippen LogP contribution is -2.40. The van der Waals surface area contributed by atoms with E-state index in [0.717, 1.165) is 15.6 Å². The minimum Gasteiger partial charge on any atom is -0.494 e. The third-order valence-electron chi connectivity index (χ3n) is 7.65. The van der Waals surface area contributed by atoms with Crippen molar-refractivity contribution in [3.63, 3.8) is 0 Å². The Morgan fingerprint density at radius 2 is 1.77 bits per heavy atom. The average molecular weight is 745 g/mol. The average Bonchev–Trinajstić information content (AvgIpc) is 3.38. The van der Waals surface area contributed by atoms with E-state index in [0.29, 0.717) is 67.3 Å². The van der Waals surface area contributed by atoms with Crippen LogP contribution in [0.5, 0.6) is 17.2 Å². The first-order valence-corrected chi connectivity index (χ1v) is 17.1. The van der Waals surface area contributed by atoms with Crippen LogP contribution in [0.1, 0.15) is 36.6 Å². The van der Waals surface area contributed by atoms with Crippen LogP contribution in [0.2, 0.25) is 5.02 Å². The molecule has 1 N–H and O–H groups in total. The van der Waals surface area contributed by atoms with E-state index in [4.69, 9.17) is 30.8 Å². The molecule has 4 aromatic carbocycles. The Morgan fingerprint density at radius 1 is 1.04 bits per heavy atom. The molecule has 0 saturated carbocycles. The van der Waals surface area contributed by atoms with Crippen molar-refractivity contribution in [3.05, 3.63) is 148 Å². The van der Waals surface area contributed by atoms with Gasteiger partial charge in [-0.25, -0.2) is 4.99 Å². The number of hydrogen-bond acceptors (Lipinski definition) is 7. The third-order valence-corrected chi connectivity index (χ3v) is 9.44. The minimum absolute atomic E-state index is 0.291. The van der Waals surface area contributed by atoms with Crippen LogP contribution in [-0.2, 0) is 11.4 Å². The van der Waals surface area contributed by atoms with Gasteiger partial charge in [-0.2, -0.15) is 0 Å². The van der Waals surface area contributed by atoms with Gasteiger partial charge in [0.15, 0.2) is 16.3 Å². The lowest BCUT2D eigenvalue weighted by molar-refractivity contribution is -0.113. The Labute approximate surface area is 294 Å². The van der Waals surface area contributed by atoms with Crippen LogP contribution in [0.15, 0.2) is 117 Å². The second-order valence-corrected chi connectivity index (χ2v) is 13.2. The lowest BCUT2D eigenvalue weighted by atomic mass is 9.95. The molecule has 48 heavy (non-hydrogen) atoms. The summed E-state index contributed by atoms with van der Waals surface area (Å²) < 4.78 is 20.3. The number of nitrogens with one attached hydrogen (secondary N) is 1. The van der Waals surface area contributed by atoms with Gasteiger partial charge in [0, 0.05) is 10.2 Å². The van der Waals surface area contributed by atoms with Crippen molar-refractivity contribution in [1.82, 2.24) is 4.57 Å². The molecule has 8 nitrogen and oxygen atoms in total. The Bertz CT molecular complexity index is 2180. The van der Waals surface area contributed by atoms with Crippen LogP contribution in [-0.4, -0.2) is 24.2 Å². The van der Waals surface area contributed by atoms with Gasteiger partial charge in [0.1, 0.15) is 12.4 Å². The van der Waals surface area contributed by atoms with Gasteiger partial charge >= 0.3 is 0 Å². The molecule has 0 bridgehead atoms. The van der Waals surface area contributed by atoms with Gasteiger partial charge < -0.3 is 19.5 Å². The largest absolute Gasteiger partial charge is 0.494 e. The second kappa shape index (κ2) is 14.6. The molecular formula is C37H31BrClN3O5S. The molecule has 0 aliphatic carbocycles. The molecule has 0 unspecified atom stereocenters. The fraction of sp³-hybridized carbons (Fsp3) is 0.162. The van der Waals surface area contributed by atoms with Crippen LogP contribution >= 0.6 is 38.9 Å². The van der Waals surface area contributed by atoms with Crippen molar-refractivity contribution >= 4 is 56.5 Å². The van der Waals surface area contributed by atoms with E-state index in [9.17, 15) is 9.59 Å². The molecule has 1 atom stereocenters. The van der Waals surface area contributed by atoms with E-state index in [1.54, 1.807) is 29.7 Å². The highest BCUT2D eigenvalue weighted by Gasteiger charge is 2.32. The van der Waals surface area contributed by atoms with Crippen LogP contribution in [0.4, 0.5) is 5.69 Å². The molecule has 2 heterocycles. The quantitative estimate of drug-likeness (QED) is 0.163. The molecule has 11 heteroatoms. The van der Waals surface area contributed by atoms with Gasteiger partial charge in [0.2, 0.25) is 0 Å². The number of thiazole rings is 1. The summed E-state index contributed by atoms with van der Waals surface area (Å²) in [5, 5.41) is 3.32. The Balaban J connectivity index is 1.40. The normalized spacial score (nSPS) is 14.3. The highest BCUT2D eigenvalue weighted by molar-refractivity contribution is 9.10. The van der Waals surface area contributed by atoms with E-state index in [2.05, 4.69) is 21.2 Å². The molecule has 0 spiro atoms. The number of fused-ring (bicyclic) bond motifs is 1. The van der Waals surface area contributed by atoms with E-state index < -0.39 is 6.04 Å². The maximum atomic E-state index is 14.2. The molecule has 0 fully saturated rings. The number of aromatic nitrogens is 1. The van der Waals surface area contributed by atoms with Crippen LogP contribution in [0.25, 0.3) is 6.08 Å². The smallest absolute Gasteiger partial charge is 0.271 e. The lowest BCUT2D eigenvalue weighted by Gasteiger charge is -2.25. The number of allylic oxidation sites excluding steroid dienone is 1. The molecule has 244 valence electrons. The van der Waals surface area contributed by atoms with E-state index in [1.165, 1.54) is 18.4 Å². The van der Waals surface area contributed by atoms with Gasteiger partial charge in [0.05, 0.1) is 40.6 Å². The fourth-order valence-corrected chi connectivity index (χ4v) is 7.00. The predicted octanol–water partition coefficient (Wildman–Crippen LogP) is 7.28. The maximum absolute atomic E-state index is 14.2. The number of amides is 1. The standard InChI is InChI=1S/C37H31BrClN3O5S/c1-4-46-28-16-12-25(13-17-28)33-32(35(43)41-27-8-6-5-7-9-27)22(2)40-37-42(33)36(44)31(48-37)20-24-18-29(39)34(30(19-24)45-3)47-21-23-10-14-26(38)15-11-23/h5-20,33H,4,21H2,1-3H3,(H,41,43)/b31-20-/t33-/m1/s1. The van der Waals surface area contributed by atoms with E-state index >= 15 is 0 Å². The molecule has 1 aliphatic heterocycles. The summed E-state index contributed by atoms with van der Waals surface area (Å²) in [7, 11) is 1.54. The summed E-state index contributed by atoms with van der Waals surface area (Å²) >= 11 is 11.4. The van der Waals surface area contributed by atoms with Crippen molar-refractivity contribution < 1.29 is 19.0 Å². The topological polar surface area (TPSA) is 91.2 Å². The zero-order valence-electron chi connectivity index (χ0n) is 26.3. The first-order chi connectivity index (χ1) is 23.2. The number of carbonyl (C=O) groups excluding carboxylic acids is 1. The van der Waals surface area contributed by atoms with E-state index in [-0.39, 0.29) is 11.5 Å². The molecule has 1 aromatic heterocycles. The Morgan fingerprint density at radius 3 is 2.46 bits per heavy atom. The summed E-state index contributed by atoms with van der Waals surface area (Å²) in [6.07, 6.45) is 1.75. The minimum atomic E-state index is -0.727. The van der Waals surface area contributed by atoms with E-state index in [1.807, 2.05) is 85.8 Å². The molecule has 1 amide bonds. The fourth-order valence-electron chi connectivity index (χ4n) is 5.41. The Hall–Kier alpha value is -4.64. The number of para-hydroxylation sites is 1. The summed E-state index contributed by atoms with van der Waals surface area (Å²) in [4.78, 5) is 33.3. The zero-order valence-corrected chi connectivity index (χ0v) is 29.5. The number of anilines is 1. The van der Waals surface area contributed by atoms with Crippen molar-refractivity contribution in [2.75, 3.05) is 19.0 Å². The predicted molar refractivity (Wildman–Crippen MR) is 193 cm³/mol. The molecule has 1 aliphatic rings. The zero-order chi connectivity index (χ0) is 33.8. The van der Waals surface area contributed by atoms with Crippen LogP contribution in [0, 0.1) is 0 Å². The highest BCUT2D eigenvalue weighted by Crippen LogP contribution is 2.37. The number of ether oxygens (including phenoxy) is 3. The monoisotopic (exact) mass is 743 g/mol. The first kappa shape index (κ1) is 33.3. The number of nitrogens with zero attached hydrogens (tertiary/aromatic N) is 2.